The fourth-order valence-corrected chi connectivity index (χ4v) is 5.73. The zero-order chi connectivity index (χ0) is 38.1. The minimum atomic E-state index is -1.26. The fourth-order valence-electron chi connectivity index (χ4n) is 5.73. The van der Waals surface area contributed by atoms with E-state index in [0.717, 1.165) is 5.56 Å². The van der Waals surface area contributed by atoms with E-state index in [4.69, 9.17) is 22.9 Å². The summed E-state index contributed by atoms with van der Waals surface area (Å²) >= 11 is 0. The molecule has 1 aromatic rings. The van der Waals surface area contributed by atoms with E-state index < -0.39 is 71.8 Å². The topological polar surface area (TPSA) is 290 Å². The van der Waals surface area contributed by atoms with Crippen LogP contribution in [0, 0.1) is 5.92 Å². The summed E-state index contributed by atoms with van der Waals surface area (Å²) in [7, 11) is 0. The molecule has 0 aromatic heterocycles. The van der Waals surface area contributed by atoms with Crippen LogP contribution in [-0.4, -0.2) is 107 Å². The third kappa shape index (κ3) is 14.5. The maximum Gasteiger partial charge on any atom is 0.326 e. The molecule has 1 saturated heterocycles. The van der Waals surface area contributed by atoms with Gasteiger partial charge < -0.3 is 54.2 Å². The number of hydrogen-bond donors (Lipinski definition) is 9. The first kappa shape index (κ1) is 42.4. The van der Waals surface area contributed by atoms with Crippen LogP contribution in [0.25, 0.3) is 0 Å². The lowest BCUT2D eigenvalue weighted by atomic mass is 10.0. The molecule has 0 radical (unpaired) electrons. The molecule has 1 aromatic carbocycles. The molecule has 0 saturated carbocycles. The normalized spacial score (nSPS) is 17.0. The van der Waals surface area contributed by atoms with Gasteiger partial charge in [0.15, 0.2) is 5.96 Å². The predicted molar refractivity (Wildman–Crippen MR) is 192 cm³/mol. The SMILES string of the molecule is CC(C)C[C@H](NC(=O)[C@@H]1CCCN1C(=O)[C@H](CCCN)NC(=O)[C@@H](N)Cc1ccccc1)C(=O)N[C@@H](C)C(=O)N[C@@H](CCCN=C(N)N)C(=O)O. The van der Waals surface area contributed by atoms with E-state index in [1.165, 1.54) is 11.8 Å². The Bertz CT molecular complexity index is 1360. The zero-order valence-corrected chi connectivity index (χ0v) is 29.8. The molecule has 0 aliphatic carbocycles. The Hall–Kier alpha value is -4.77. The molecule has 13 N–H and O–H groups in total. The van der Waals surface area contributed by atoms with Gasteiger partial charge in [-0.15, -0.1) is 0 Å². The molecule has 17 nitrogen and oxygen atoms in total. The second-order valence-corrected chi connectivity index (χ2v) is 13.2. The Morgan fingerprint density at radius 1 is 0.882 bits per heavy atom. The lowest BCUT2D eigenvalue weighted by molar-refractivity contribution is -0.143. The predicted octanol–water partition coefficient (Wildman–Crippen LogP) is -1.57. The number of carboxylic acids is 1. The number of amides is 5. The summed E-state index contributed by atoms with van der Waals surface area (Å²) in [5.74, 6) is -4.28. The van der Waals surface area contributed by atoms with Gasteiger partial charge in [-0.25, -0.2) is 4.79 Å². The van der Waals surface area contributed by atoms with Crippen molar-refractivity contribution in [1.29, 1.82) is 0 Å². The highest BCUT2D eigenvalue weighted by Gasteiger charge is 2.39. The van der Waals surface area contributed by atoms with E-state index >= 15 is 0 Å². The molecule has 5 amide bonds. The number of aliphatic imine (C=N–C) groups is 1. The van der Waals surface area contributed by atoms with Crippen LogP contribution in [0.5, 0.6) is 0 Å². The van der Waals surface area contributed by atoms with Crippen molar-refractivity contribution in [2.24, 2.45) is 33.8 Å². The minimum absolute atomic E-state index is 0.0379. The lowest BCUT2D eigenvalue weighted by Crippen LogP contribution is -2.58. The molecule has 1 fully saturated rings. The summed E-state index contributed by atoms with van der Waals surface area (Å²) in [6.07, 6.45) is 2.42. The number of guanidine groups is 1. The van der Waals surface area contributed by atoms with E-state index in [9.17, 15) is 33.9 Å². The highest BCUT2D eigenvalue weighted by molar-refractivity contribution is 5.96. The summed E-state index contributed by atoms with van der Waals surface area (Å²) < 4.78 is 0. The van der Waals surface area contributed by atoms with Gasteiger partial charge in [-0.05, 0) is 76.3 Å². The third-order valence-corrected chi connectivity index (χ3v) is 8.44. The number of carbonyl (C=O) groups is 6. The van der Waals surface area contributed by atoms with Crippen LogP contribution in [0.4, 0.5) is 0 Å². The number of benzene rings is 1. The first-order chi connectivity index (χ1) is 24.1. The largest absolute Gasteiger partial charge is 0.480 e. The molecule has 6 atom stereocenters. The smallest absolute Gasteiger partial charge is 0.326 e. The molecule has 284 valence electrons. The van der Waals surface area contributed by atoms with Crippen molar-refractivity contribution in [3.63, 3.8) is 0 Å². The van der Waals surface area contributed by atoms with Gasteiger partial charge in [0.25, 0.3) is 0 Å². The van der Waals surface area contributed by atoms with Gasteiger partial charge >= 0.3 is 5.97 Å². The van der Waals surface area contributed by atoms with Gasteiger partial charge in [0.05, 0.1) is 6.04 Å². The number of carboxylic acid groups (broad SMARTS) is 1. The van der Waals surface area contributed by atoms with Crippen LogP contribution < -0.4 is 44.2 Å². The number of nitrogens with zero attached hydrogens (tertiary/aromatic N) is 2. The number of nitrogens with two attached hydrogens (primary N) is 4. The van der Waals surface area contributed by atoms with Crippen molar-refractivity contribution >= 4 is 41.5 Å². The molecular formula is C34H56N10O7. The molecule has 1 aliphatic rings. The average molecular weight is 717 g/mol. The molecule has 1 aliphatic heterocycles. The summed E-state index contributed by atoms with van der Waals surface area (Å²) in [6.45, 7) is 5.87. The Morgan fingerprint density at radius 2 is 1.53 bits per heavy atom. The second kappa shape index (κ2) is 21.4. The Morgan fingerprint density at radius 3 is 2.14 bits per heavy atom. The number of carbonyl (C=O) groups excluding carboxylic acids is 5. The molecule has 0 spiro atoms. The monoisotopic (exact) mass is 716 g/mol. The number of rotatable bonds is 21. The molecule has 17 heteroatoms. The van der Waals surface area contributed by atoms with Crippen molar-refractivity contribution in [3.8, 4) is 0 Å². The number of aliphatic carboxylic acids is 1. The maximum atomic E-state index is 13.8. The van der Waals surface area contributed by atoms with Crippen molar-refractivity contribution < 1.29 is 33.9 Å². The van der Waals surface area contributed by atoms with Gasteiger partial charge in [0.2, 0.25) is 29.5 Å². The fraction of sp³-hybridized carbons (Fsp3) is 0.618. The molecule has 0 unspecified atom stereocenters. The van der Waals surface area contributed by atoms with Crippen LogP contribution in [0.2, 0.25) is 0 Å². The second-order valence-electron chi connectivity index (χ2n) is 13.2. The van der Waals surface area contributed by atoms with Gasteiger partial charge in [-0.1, -0.05) is 44.2 Å². The zero-order valence-electron chi connectivity index (χ0n) is 29.8. The van der Waals surface area contributed by atoms with E-state index in [-0.39, 0.29) is 50.7 Å². The lowest BCUT2D eigenvalue weighted by Gasteiger charge is -2.30. The first-order valence-corrected chi connectivity index (χ1v) is 17.4. The van der Waals surface area contributed by atoms with Gasteiger partial charge in [0.1, 0.15) is 30.2 Å². The Balaban J connectivity index is 2.09. The van der Waals surface area contributed by atoms with Gasteiger partial charge in [-0.2, -0.15) is 0 Å². The molecule has 2 rings (SSSR count). The van der Waals surface area contributed by atoms with Gasteiger partial charge in [-0.3, -0.25) is 29.0 Å². The molecule has 1 heterocycles. The first-order valence-electron chi connectivity index (χ1n) is 17.4. The van der Waals surface area contributed by atoms with Crippen molar-refractivity contribution in [1.82, 2.24) is 26.2 Å². The summed E-state index contributed by atoms with van der Waals surface area (Å²) in [5, 5.41) is 20.1. The maximum absolute atomic E-state index is 13.8. The van der Waals surface area contributed by atoms with Crippen LogP contribution in [0.3, 0.4) is 0 Å². The van der Waals surface area contributed by atoms with Gasteiger partial charge in [0, 0.05) is 13.1 Å². The summed E-state index contributed by atoms with van der Waals surface area (Å²) in [4.78, 5) is 83.7. The average Bonchev–Trinajstić information content (AvgIpc) is 3.57. The van der Waals surface area contributed by atoms with Crippen LogP contribution in [0.15, 0.2) is 35.3 Å². The van der Waals surface area contributed by atoms with E-state index in [1.807, 2.05) is 44.2 Å². The molecule has 51 heavy (non-hydrogen) atoms. The van der Waals surface area contributed by atoms with Crippen LogP contribution >= 0.6 is 0 Å². The van der Waals surface area contributed by atoms with Crippen molar-refractivity contribution in [3.05, 3.63) is 35.9 Å². The van der Waals surface area contributed by atoms with Crippen molar-refractivity contribution in [2.75, 3.05) is 19.6 Å². The van der Waals surface area contributed by atoms with Crippen LogP contribution in [-0.2, 0) is 35.2 Å². The molecule has 0 bridgehead atoms. The number of nitrogens with one attached hydrogen (secondary N) is 4. The molecular weight excluding hydrogens is 660 g/mol. The summed E-state index contributed by atoms with van der Waals surface area (Å²) in [5.41, 5.74) is 23.3. The van der Waals surface area contributed by atoms with E-state index in [2.05, 4.69) is 26.3 Å². The Kier molecular flexibility index (Phi) is 17.8. The number of likely N-dealkylation sites (tertiary alicyclic amines) is 1. The highest BCUT2D eigenvalue weighted by Crippen LogP contribution is 2.21. The quantitative estimate of drug-likeness (QED) is 0.0398. The standard InChI is InChI=1S/C34H56N10O7/c1-20(2)18-26(30(47)40-21(3)28(45)42-25(33(50)51)13-8-16-39-34(37)38)43-31(48)27-14-9-17-44(27)32(49)24(12-7-15-35)41-29(46)23(36)19-22-10-5-4-6-11-22/h4-6,10-11,20-21,23-27H,7-9,12-19,35-36H2,1-3H3,(H,40,47)(H,41,46)(H,42,45)(H,43,48)(H,50,51)(H4,37,38,39)/t21-,23-,24-,25-,26-,27-/m0/s1. The van der Waals surface area contributed by atoms with Crippen LogP contribution in [0.1, 0.15) is 71.3 Å². The Labute approximate surface area is 299 Å². The minimum Gasteiger partial charge on any atom is -0.480 e. The van der Waals surface area contributed by atoms with Crippen molar-refractivity contribution in [2.45, 2.75) is 108 Å². The van der Waals surface area contributed by atoms with E-state index in [1.54, 1.807) is 0 Å². The number of hydrogen-bond acceptors (Lipinski definition) is 9. The third-order valence-electron chi connectivity index (χ3n) is 8.44. The van der Waals surface area contributed by atoms with E-state index in [0.29, 0.717) is 32.2 Å². The highest BCUT2D eigenvalue weighted by atomic mass is 16.4. The summed E-state index contributed by atoms with van der Waals surface area (Å²) in [6, 6.07) is 3.09.